The van der Waals surface area contributed by atoms with Gasteiger partial charge >= 0.3 is 0 Å². The van der Waals surface area contributed by atoms with Crippen LogP contribution in [0.5, 0.6) is 0 Å². The zero-order valence-corrected chi connectivity index (χ0v) is 15.7. The number of aryl methyl sites for hydroxylation is 1. The highest BCUT2D eigenvalue weighted by molar-refractivity contribution is 14.0. The highest BCUT2D eigenvalue weighted by Gasteiger charge is 2.53. The second-order valence-electron chi connectivity index (χ2n) is 6.62. The van der Waals surface area contributed by atoms with E-state index < -0.39 is 0 Å². The summed E-state index contributed by atoms with van der Waals surface area (Å²) in [5.74, 6) is 0.994. The number of aliphatic imine (C=N–C) groups is 1. The van der Waals surface area contributed by atoms with E-state index in [2.05, 4.69) is 65.9 Å². The Morgan fingerprint density at radius 2 is 2.00 bits per heavy atom. The molecular weight excluding hydrogens is 363 g/mol. The molecule has 1 aliphatic rings. The van der Waals surface area contributed by atoms with Gasteiger partial charge in [0.1, 0.15) is 0 Å². The lowest BCUT2D eigenvalue weighted by Gasteiger charge is -2.62. The van der Waals surface area contributed by atoms with Gasteiger partial charge in [0, 0.05) is 50.5 Å². The van der Waals surface area contributed by atoms with Crippen molar-refractivity contribution < 1.29 is 0 Å². The van der Waals surface area contributed by atoms with Crippen LogP contribution >= 0.6 is 24.0 Å². The predicted octanol–water partition coefficient (Wildman–Crippen LogP) is 2.84. The molecule has 0 saturated carbocycles. The Hall–Kier alpha value is -0.720. The van der Waals surface area contributed by atoms with Crippen molar-refractivity contribution in [3.05, 3.63) is 24.0 Å². The van der Waals surface area contributed by atoms with Gasteiger partial charge in [0.25, 0.3) is 0 Å². The SMILES string of the molecule is CN=C(NCc1ccn(C)c1)N1CC(C)(C)C1(C)C.I. The zero-order chi connectivity index (χ0) is 14.3. The van der Waals surface area contributed by atoms with Gasteiger partial charge in [-0.2, -0.15) is 0 Å². The lowest BCUT2D eigenvalue weighted by Crippen LogP contribution is -2.72. The molecule has 20 heavy (non-hydrogen) atoms. The van der Waals surface area contributed by atoms with Gasteiger partial charge in [-0.1, -0.05) is 13.8 Å². The highest BCUT2D eigenvalue weighted by Crippen LogP contribution is 2.46. The Balaban J connectivity index is 0.00000200. The Morgan fingerprint density at radius 3 is 2.40 bits per heavy atom. The maximum atomic E-state index is 4.42. The number of guanidine groups is 1. The van der Waals surface area contributed by atoms with Crippen molar-refractivity contribution >= 4 is 29.9 Å². The summed E-state index contributed by atoms with van der Waals surface area (Å²) in [5.41, 5.74) is 1.75. The maximum Gasteiger partial charge on any atom is 0.194 e. The van der Waals surface area contributed by atoms with E-state index in [1.165, 1.54) is 5.56 Å². The van der Waals surface area contributed by atoms with Crippen LogP contribution in [-0.2, 0) is 13.6 Å². The van der Waals surface area contributed by atoms with Crippen LogP contribution in [-0.4, -0.2) is 34.6 Å². The summed E-state index contributed by atoms with van der Waals surface area (Å²) in [6.45, 7) is 11.1. The van der Waals surface area contributed by atoms with Gasteiger partial charge in [-0.05, 0) is 25.5 Å². The van der Waals surface area contributed by atoms with Crippen molar-refractivity contribution in [3.63, 3.8) is 0 Å². The van der Waals surface area contributed by atoms with Gasteiger partial charge in [-0.3, -0.25) is 4.99 Å². The molecule has 0 radical (unpaired) electrons. The topological polar surface area (TPSA) is 32.6 Å². The predicted molar refractivity (Wildman–Crippen MR) is 95.6 cm³/mol. The standard InChI is InChI=1S/C15H26N4.HI/c1-14(2)11-19(15(14,3)4)13(16-5)17-9-12-7-8-18(6)10-12;/h7-8,10H,9,11H2,1-6H3,(H,16,17);1H. The average Bonchev–Trinajstić information content (AvgIpc) is 2.74. The van der Waals surface area contributed by atoms with Crippen molar-refractivity contribution in [3.8, 4) is 0 Å². The Bertz CT molecular complexity index is 488. The average molecular weight is 390 g/mol. The van der Waals surface area contributed by atoms with E-state index in [1.807, 2.05) is 14.1 Å². The fraction of sp³-hybridized carbons (Fsp3) is 0.667. The third-order valence-electron chi connectivity index (χ3n) is 4.70. The minimum absolute atomic E-state index is 0. The molecule has 0 amide bonds. The number of likely N-dealkylation sites (tertiary alicyclic amines) is 1. The fourth-order valence-corrected chi connectivity index (χ4v) is 2.54. The second-order valence-corrected chi connectivity index (χ2v) is 6.62. The summed E-state index contributed by atoms with van der Waals surface area (Å²) < 4.78 is 2.07. The van der Waals surface area contributed by atoms with Crippen LogP contribution in [0.15, 0.2) is 23.5 Å². The van der Waals surface area contributed by atoms with Gasteiger partial charge in [0.05, 0.1) is 0 Å². The summed E-state index contributed by atoms with van der Waals surface area (Å²) >= 11 is 0. The van der Waals surface area contributed by atoms with Gasteiger partial charge in [-0.25, -0.2) is 0 Å². The summed E-state index contributed by atoms with van der Waals surface area (Å²) in [6.07, 6.45) is 4.20. The molecule has 1 aliphatic heterocycles. The quantitative estimate of drug-likeness (QED) is 0.479. The van der Waals surface area contributed by atoms with Crippen molar-refractivity contribution in [1.29, 1.82) is 0 Å². The molecule has 1 aromatic heterocycles. The van der Waals surface area contributed by atoms with Crippen LogP contribution in [0, 0.1) is 5.41 Å². The summed E-state index contributed by atoms with van der Waals surface area (Å²) in [5, 5.41) is 3.46. The van der Waals surface area contributed by atoms with Crippen LogP contribution in [0.25, 0.3) is 0 Å². The number of halogens is 1. The van der Waals surface area contributed by atoms with Crippen molar-refractivity contribution in [2.24, 2.45) is 17.5 Å². The Labute approximate surface area is 139 Å². The van der Waals surface area contributed by atoms with E-state index in [1.54, 1.807) is 0 Å². The molecule has 1 fully saturated rings. The first-order chi connectivity index (χ1) is 8.78. The van der Waals surface area contributed by atoms with Gasteiger partial charge in [-0.15, -0.1) is 24.0 Å². The summed E-state index contributed by atoms with van der Waals surface area (Å²) in [4.78, 5) is 6.77. The number of nitrogens with one attached hydrogen (secondary N) is 1. The molecular formula is C15H27IN4. The third kappa shape index (κ3) is 2.97. The van der Waals surface area contributed by atoms with Crippen LogP contribution in [0.3, 0.4) is 0 Å². The molecule has 0 unspecified atom stereocenters. The van der Waals surface area contributed by atoms with Crippen molar-refractivity contribution in [1.82, 2.24) is 14.8 Å². The molecule has 1 aromatic rings. The summed E-state index contributed by atoms with van der Waals surface area (Å²) in [6, 6.07) is 2.13. The van der Waals surface area contributed by atoms with Crippen molar-refractivity contribution in [2.75, 3.05) is 13.6 Å². The van der Waals surface area contributed by atoms with E-state index >= 15 is 0 Å². The van der Waals surface area contributed by atoms with Crippen LogP contribution < -0.4 is 5.32 Å². The zero-order valence-electron chi connectivity index (χ0n) is 13.4. The number of aromatic nitrogens is 1. The summed E-state index contributed by atoms with van der Waals surface area (Å²) in [7, 11) is 3.90. The number of nitrogens with zero attached hydrogens (tertiary/aromatic N) is 3. The van der Waals surface area contributed by atoms with Crippen molar-refractivity contribution in [2.45, 2.75) is 39.8 Å². The minimum Gasteiger partial charge on any atom is -0.357 e. The molecule has 4 nitrogen and oxygen atoms in total. The molecule has 114 valence electrons. The first-order valence-corrected chi connectivity index (χ1v) is 6.87. The van der Waals surface area contributed by atoms with Crippen LogP contribution in [0.2, 0.25) is 0 Å². The molecule has 0 atom stereocenters. The second kappa shape index (κ2) is 5.95. The van der Waals surface area contributed by atoms with E-state index in [9.17, 15) is 0 Å². The van der Waals surface area contributed by atoms with Crippen LogP contribution in [0.1, 0.15) is 33.3 Å². The van der Waals surface area contributed by atoms with E-state index in [0.717, 1.165) is 19.0 Å². The number of rotatable bonds is 2. The van der Waals surface area contributed by atoms with E-state index in [4.69, 9.17) is 0 Å². The Kier molecular flexibility index (Phi) is 5.16. The first kappa shape index (κ1) is 17.3. The molecule has 2 rings (SSSR count). The fourth-order valence-electron chi connectivity index (χ4n) is 2.54. The molecule has 0 aromatic carbocycles. The van der Waals surface area contributed by atoms with Gasteiger partial charge in [0.2, 0.25) is 0 Å². The van der Waals surface area contributed by atoms with Crippen LogP contribution in [0.4, 0.5) is 0 Å². The van der Waals surface area contributed by atoms with Gasteiger partial charge < -0.3 is 14.8 Å². The molecule has 0 aliphatic carbocycles. The molecule has 5 heteroatoms. The molecule has 0 spiro atoms. The first-order valence-electron chi connectivity index (χ1n) is 6.87. The third-order valence-corrected chi connectivity index (χ3v) is 4.70. The van der Waals surface area contributed by atoms with E-state index in [0.29, 0.717) is 5.41 Å². The highest BCUT2D eigenvalue weighted by atomic mass is 127. The van der Waals surface area contributed by atoms with E-state index in [-0.39, 0.29) is 29.5 Å². The number of hydrogen-bond acceptors (Lipinski definition) is 1. The largest absolute Gasteiger partial charge is 0.357 e. The number of hydrogen-bond donors (Lipinski definition) is 1. The molecule has 0 bridgehead atoms. The smallest absolute Gasteiger partial charge is 0.194 e. The monoisotopic (exact) mass is 390 g/mol. The molecule has 2 heterocycles. The lowest BCUT2D eigenvalue weighted by molar-refractivity contribution is -0.0667. The lowest BCUT2D eigenvalue weighted by atomic mass is 9.65. The normalized spacial score (nSPS) is 20.1. The molecule has 1 N–H and O–H groups in total. The van der Waals surface area contributed by atoms with Gasteiger partial charge in [0.15, 0.2) is 5.96 Å². The maximum absolute atomic E-state index is 4.42. The minimum atomic E-state index is 0. The Morgan fingerprint density at radius 1 is 1.35 bits per heavy atom. The molecule has 1 saturated heterocycles.